The fourth-order valence-electron chi connectivity index (χ4n) is 1.01. The molecule has 1 rings (SSSR count). The zero-order chi connectivity index (χ0) is 9.84. The van der Waals surface area contributed by atoms with E-state index in [2.05, 4.69) is 0 Å². The van der Waals surface area contributed by atoms with Crippen molar-refractivity contribution in [2.75, 3.05) is 5.73 Å². The van der Waals surface area contributed by atoms with Gasteiger partial charge in [-0.05, 0) is 12.1 Å². The third-order valence-electron chi connectivity index (χ3n) is 1.70. The number of nitriles is 2. The quantitative estimate of drug-likeness (QED) is 0.617. The number of aromatic hydroxyl groups is 1. The Morgan fingerprint density at radius 3 is 2.62 bits per heavy atom. The van der Waals surface area contributed by atoms with Crippen LogP contribution in [0.2, 0.25) is 0 Å². The van der Waals surface area contributed by atoms with E-state index < -0.39 is 0 Å². The molecule has 13 heavy (non-hydrogen) atoms. The van der Waals surface area contributed by atoms with E-state index in [1.54, 1.807) is 6.07 Å². The molecule has 0 atom stereocenters. The maximum Gasteiger partial charge on any atom is 0.139 e. The number of benzene rings is 1. The Morgan fingerprint density at radius 1 is 1.38 bits per heavy atom. The van der Waals surface area contributed by atoms with Gasteiger partial charge in [0.1, 0.15) is 11.8 Å². The van der Waals surface area contributed by atoms with Gasteiger partial charge in [-0.2, -0.15) is 10.5 Å². The predicted octanol–water partition coefficient (Wildman–Crippen LogP) is 0.912. The summed E-state index contributed by atoms with van der Waals surface area (Å²) >= 11 is 0. The summed E-state index contributed by atoms with van der Waals surface area (Å²) in [5.41, 5.74) is 6.30. The minimum absolute atomic E-state index is 0.00713. The maximum absolute atomic E-state index is 9.45. The first-order valence-electron chi connectivity index (χ1n) is 3.58. The second-order valence-electron chi connectivity index (χ2n) is 2.48. The predicted molar refractivity (Wildman–Crippen MR) is 46.6 cm³/mol. The fraction of sp³-hybridized carbons (Fsp3) is 0.111. The van der Waals surface area contributed by atoms with Gasteiger partial charge < -0.3 is 10.8 Å². The van der Waals surface area contributed by atoms with Crippen molar-refractivity contribution in [2.24, 2.45) is 0 Å². The minimum atomic E-state index is -0.191. The lowest BCUT2D eigenvalue weighted by Gasteiger charge is -2.04. The number of phenols is 1. The van der Waals surface area contributed by atoms with Crippen molar-refractivity contribution >= 4 is 5.69 Å². The molecule has 1 aromatic carbocycles. The topological polar surface area (TPSA) is 93.8 Å². The van der Waals surface area contributed by atoms with E-state index >= 15 is 0 Å². The summed E-state index contributed by atoms with van der Waals surface area (Å²) in [5.74, 6) is -0.191. The summed E-state index contributed by atoms with van der Waals surface area (Å²) in [6.45, 7) is 0. The third-order valence-corrected chi connectivity index (χ3v) is 1.70. The summed E-state index contributed by atoms with van der Waals surface area (Å²) in [4.78, 5) is 0. The highest BCUT2D eigenvalue weighted by molar-refractivity contribution is 5.61. The molecule has 4 nitrogen and oxygen atoms in total. The Hall–Kier alpha value is -2.20. The minimum Gasteiger partial charge on any atom is -0.506 e. The molecule has 0 aliphatic carbocycles. The Labute approximate surface area is 75.4 Å². The highest BCUT2D eigenvalue weighted by atomic mass is 16.3. The van der Waals surface area contributed by atoms with E-state index in [1.165, 1.54) is 12.1 Å². The van der Waals surface area contributed by atoms with Crippen molar-refractivity contribution in [1.82, 2.24) is 0 Å². The van der Waals surface area contributed by atoms with E-state index in [4.69, 9.17) is 16.3 Å². The van der Waals surface area contributed by atoms with Crippen molar-refractivity contribution in [2.45, 2.75) is 6.42 Å². The lowest BCUT2D eigenvalue weighted by atomic mass is 10.1. The molecule has 0 spiro atoms. The average molecular weight is 173 g/mol. The van der Waals surface area contributed by atoms with Gasteiger partial charge in [0, 0.05) is 11.3 Å². The molecule has 3 N–H and O–H groups in total. The van der Waals surface area contributed by atoms with Gasteiger partial charge in [-0.25, -0.2) is 0 Å². The summed E-state index contributed by atoms with van der Waals surface area (Å²) in [6.07, 6.45) is 0.00713. The van der Waals surface area contributed by atoms with Gasteiger partial charge in [-0.3, -0.25) is 0 Å². The second-order valence-corrected chi connectivity index (χ2v) is 2.48. The molecule has 0 amide bonds. The molecule has 0 aromatic heterocycles. The van der Waals surface area contributed by atoms with Crippen LogP contribution in [0, 0.1) is 22.7 Å². The first-order chi connectivity index (χ1) is 6.20. The Balaban J connectivity index is 3.33. The summed E-state index contributed by atoms with van der Waals surface area (Å²) in [5, 5.41) is 26.4. The normalized spacial score (nSPS) is 8.77. The molecule has 0 saturated heterocycles. The molecule has 0 fully saturated rings. The van der Waals surface area contributed by atoms with Crippen molar-refractivity contribution in [3.05, 3.63) is 23.3 Å². The molecule has 0 saturated carbocycles. The molecule has 0 radical (unpaired) electrons. The van der Waals surface area contributed by atoms with Crippen LogP contribution >= 0.6 is 0 Å². The number of hydrogen-bond acceptors (Lipinski definition) is 4. The van der Waals surface area contributed by atoms with Crippen LogP contribution in [-0.4, -0.2) is 5.11 Å². The van der Waals surface area contributed by atoms with E-state index in [0.29, 0.717) is 11.3 Å². The van der Waals surface area contributed by atoms with Crippen LogP contribution in [0.4, 0.5) is 5.69 Å². The van der Waals surface area contributed by atoms with Crippen LogP contribution in [0.3, 0.4) is 0 Å². The van der Waals surface area contributed by atoms with Crippen LogP contribution in [0.5, 0.6) is 5.75 Å². The SMILES string of the molecule is N#CCc1c(N)ccc(C#N)c1O. The summed E-state index contributed by atoms with van der Waals surface area (Å²) < 4.78 is 0. The number of hydrogen-bond donors (Lipinski definition) is 2. The van der Waals surface area contributed by atoms with Crippen LogP contribution in [0.15, 0.2) is 12.1 Å². The number of nitrogens with two attached hydrogens (primary N) is 1. The van der Waals surface area contributed by atoms with E-state index in [0.717, 1.165) is 0 Å². The molecule has 64 valence electrons. The molecule has 0 unspecified atom stereocenters. The monoisotopic (exact) mass is 173 g/mol. The molecular weight excluding hydrogens is 166 g/mol. The van der Waals surface area contributed by atoms with Gasteiger partial charge in [-0.1, -0.05) is 0 Å². The summed E-state index contributed by atoms with van der Waals surface area (Å²) in [7, 11) is 0. The van der Waals surface area contributed by atoms with Crippen molar-refractivity contribution in [3.8, 4) is 17.9 Å². The van der Waals surface area contributed by atoms with Crippen molar-refractivity contribution in [3.63, 3.8) is 0 Å². The largest absolute Gasteiger partial charge is 0.506 e. The molecule has 0 aliphatic heterocycles. The fourth-order valence-corrected chi connectivity index (χ4v) is 1.01. The average Bonchev–Trinajstić information content (AvgIpc) is 2.12. The zero-order valence-electron chi connectivity index (χ0n) is 6.78. The van der Waals surface area contributed by atoms with Crippen molar-refractivity contribution < 1.29 is 5.11 Å². The molecule has 1 aromatic rings. The van der Waals surface area contributed by atoms with Gasteiger partial charge in [0.2, 0.25) is 0 Å². The summed E-state index contributed by atoms with van der Waals surface area (Å²) in [6, 6.07) is 6.60. The van der Waals surface area contributed by atoms with E-state index in [-0.39, 0.29) is 17.7 Å². The zero-order valence-corrected chi connectivity index (χ0v) is 6.78. The highest BCUT2D eigenvalue weighted by Crippen LogP contribution is 2.27. The maximum atomic E-state index is 9.45. The number of rotatable bonds is 1. The van der Waals surface area contributed by atoms with Crippen LogP contribution in [0.25, 0.3) is 0 Å². The number of nitrogen functional groups attached to an aromatic ring is 1. The molecule has 0 bridgehead atoms. The van der Waals surface area contributed by atoms with Crippen LogP contribution in [0.1, 0.15) is 11.1 Å². The van der Waals surface area contributed by atoms with Crippen LogP contribution < -0.4 is 5.73 Å². The van der Waals surface area contributed by atoms with Gasteiger partial charge in [0.15, 0.2) is 0 Å². The van der Waals surface area contributed by atoms with Gasteiger partial charge >= 0.3 is 0 Å². The van der Waals surface area contributed by atoms with Gasteiger partial charge in [-0.15, -0.1) is 0 Å². The lowest BCUT2D eigenvalue weighted by Crippen LogP contribution is -1.95. The third kappa shape index (κ3) is 1.52. The van der Waals surface area contributed by atoms with Crippen LogP contribution in [-0.2, 0) is 6.42 Å². The number of phenolic OH excluding ortho intramolecular Hbond substituents is 1. The second kappa shape index (κ2) is 3.46. The first kappa shape index (κ1) is 8.89. The first-order valence-corrected chi connectivity index (χ1v) is 3.58. The number of anilines is 1. The molecule has 0 heterocycles. The molecular formula is C9H7N3O. The Bertz CT molecular complexity index is 412. The molecule has 4 heteroatoms. The Morgan fingerprint density at radius 2 is 2.08 bits per heavy atom. The standard InChI is InChI=1S/C9H7N3O/c10-4-3-7-8(12)2-1-6(5-11)9(7)13/h1-2,13H,3,12H2. The van der Waals surface area contributed by atoms with E-state index in [9.17, 15) is 5.11 Å². The molecule has 0 aliphatic rings. The Kier molecular flexibility index (Phi) is 2.37. The van der Waals surface area contributed by atoms with Crippen molar-refractivity contribution in [1.29, 1.82) is 10.5 Å². The van der Waals surface area contributed by atoms with Gasteiger partial charge in [0.05, 0.1) is 18.1 Å². The highest BCUT2D eigenvalue weighted by Gasteiger charge is 2.09. The van der Waals surface area contributed by atoms with Gasteiger partial charge in [0.25, 0.3) is 0 Å². The lowest BCUT2D eigenvalue weighted by molar-refractivity contribution is 0.468. The van der Waals surface area contributed by atoms with E-state index in [1.807, 2.05) is 6.07 Å². The smallest absolute Gasteiger partial charge is 0.139 e. The number of nitrogens with zero attached hydrogens (tertiary/aromatic N) is 2.